The molecule has 2 fully saturated rings. The van der Waals surface area contributed by atoms with Crippen LogP contribution in [0.5, 0.6) is 0 Å². The van der Waals surface area contributed by atoms with Crippen LogP contribution in [-0.2, 0) is 14.3 Å². The van der Waals surface area contributed by atoms with Crippen LogP contribution in [0.1, 0.15) is 33.6 Å². The second-order valence-corrected chi connectivity index (χ2v) is 6.74. The van der Waals surface area contributed by atoms with Gasteiger partial charge in [-0.3, -0.25) is 4.79 Å². The zero-order chi connectivity index (χ0) is 15.5. The van der Waals surface area contributed by atoms with Crippen molar-refractivity contribution in [3.8, 4) is 0 Å². The van der Waals surface area contributed by atoms with Crippen LogP contribution in [0, 0.1) is 5.41 Å². The molecule has 2 rings (SSSR count). The zero-order valence-electron chi connectivity index (χ0n) is 13.9. The first kappa shape index (κ1) is 16.7. The highest BCUT2D eigenvalue weighted by Gasteiger charge is 2.50. The van der Waals surface area contributed by atoms with Gasteiger partial charge >= 0.3 is 0 Å². The van der Waals surface area contributed by atoms with Gasteiger partial charge in [-0.15, -0.1) is 0 Å². The lowest BCUT2D eigenvalue weighted by molar-refractivity contribution is -0.148. The molecule has 0 unspecified atom stereocenters. The Hall–Kier alpha value is -0.650. The molecule has 5 heteroatoms. The van der Waals surface area contributed by atoms with Gasteiger partial charge in [0.15, 0.2) is 0 Å². The third kappa shape index (κ3) is 3.76. The van der Waals surface area contributed by atoms with E-state index in [1.165, 1.54) is 0 Å². The van der Waals surface area contributed by atoms with Crippen molar-refractivity contribution in [3.05, 3.63) is 0 Å². The van der Waals surface area contributed by atoms with Crippen molar-refractivity contribution in [2.24, 2.45) is 5.41 Å². The minimum Gasteiger partial charge on any atom is -0.378 e. The lowest BCUT2D eigenvalue weighted by Gasteiger charge is -2.55. The minimum absolute atomic E-state index is 0.173. The zero-order valence-corrected chi connectivity index (χ0v) is 13.9. The summed E-state index contributed by atoms with van der Waals surface area (Å²) in [6.45, 7) is 11.0. The predicted octanol–water partition coefficient (Wildman–Crippen LogP) is 1.37. The Kier molecular flexibility index (Phi) is 5.63. The van der Waals surface area contributed by atoms with E-state index in [-0.39, 0.29) is 11.3 Å². The summed E-state index contributed by atoms with van der Waals surface area (Å²) >= 11 is 0. The molecule has 0 aromatic carbocycles. The van der Waals surface area contributed by atoms with E-state index in [0.29, 0.717) is 31.8 Å². The van der Waals surface area contributed by atoms with Crippen molar-refractivity contribution >= 4 is 5.91 Å². The summed E-state index contributed by atoms with van der Waals surface area (Å²) in [5.74, 6) is 0.253. The fourth-order valence-corrected chi connectivity index (χ4v) is 3.50. The number of ether oxygens (including phenoxy) is 2. The van der Waals surface area contributed by atoms with Crippen LogP contribution in [0.25, 0.3) is 0 Å². The number of hydrogen-bond acceptors (Lipinski definition) is 4. The third-order valence-electron chi connectivity index (χ3n) is 5.07. The highest BCUT2D eigenvalue weighted by Crippen LogP contribution is 2.45. The molecule has 0 bridgehead atoms. The number of nitrogens with zero attached hydrogens (tertiary/aromatic N) is 2. The Morgan fingerprint density at radius 1 is 1.38 bits per heavy atom. The average molecular weight is 298 g/mol. The molecule has 0 spiro atoms. The van der Waals surface area contributed by atoms with Gasteiger partial charge in [0.1, 0.15) is 0 Å². The normalized spacial score (nSPS) is 28.5. The number of carbonyl (C=O) groups excluding carboxylic acids is 1. The summed E-state index contributed by atoms with van der Waals surface area (Å²) in [4.78, 5) is 16.4. The third-order valence-corrected chi connectivity index (χ3v) is 5.07. The lowest BCUT2D eigenvalue weighted by atomic mass is 9.64. The molecule has 1 heterocycles. The number of carbonyl (C=O) groups is 1. The first-order chi connectivity index (χ1) is 9.96. The number of hydrogen-bond donors (Lipinski definition) is 0. The molecule has 0 aromatic rings. The Morgan fingerprint density at radius 2 is 2.05 bits per heavy atom. The van der Waals surface area contributed by atoms with E-state index in [2.05, 4.69) is 25.8 Å². The summed E-state index contributed by atoms with van der Waals surface area (Å²) in [5, 5.41) is 0. The summed E-state index contributed by atoms with van der Waals surface area (Å²) in [5.41, 5.74) is 0.173. The molecule has 1 aliphatic heterocycles. The van der Waals surface area contributed by atoms with Crippen LogP contribution in [0.2, 0.25) is 0 Å². The molecular weight excluding hydrogens is 268 g/mol. The van der Waals surface area contributed by atoms with Gasteiger partial charge in [0.25, 0.3) is 0 Å². The second kappa shape index (κ2) is 7.07. The van der Waals surface area contributed by atoms with Crippen LogP contribution in [0.15, 0.2) is 0 Å². The smallest absolute Gasteiger partial charge is 0.224 e. The molecule has 1 saturated heterocycles. The second-order valence-electron chi connectivity index (χ2n) is 6.74. The average Bonchev–Trinajstić information content (AvgIpc) is 2.49. The SMILES string of the molecule is CCO[C@@H]1C[C@@H](N(C)CCC(=O)N2CCOCC2)C1(C)C. The highest BCUT2D eigenvalue weighted by molar-refractivity contribution is 5.76. The lowest BCUT2D eigenvalue weighted by Crippen LogP contribution is -2.61. The van der Waals surface area contributed by atoms with E-state index in [4.69, 9.17) is 9.47 Å². The summed E-state index contributed by atoms with van der Waals surface area (Å²) in [6, 6.07) is 0.506. The van der Waals surface area contributed by atoms with Crippen molar-refractivity contribution < 1.29 is 14.3 Å². The van der Waals surface area contributed by atoms with Gasteiger partial charge in [-0.2, -0.15) is 0 Å². The van der Waals surface area contributed by atoms with Gasteiger partial charge in [-0.05, 0) is 20.4 Å². The molecular formula is C16H30N2O3. The topological polar surface area (TPSA) is 42.0 Å². The molecule has 2 atom stereocenters. The molecule has 0 radical (unpaired) electrons. The molecule has 1 amide bonds. The van der Waals surface area contributed by atoms with Gasteiger partial charge in [0.05, 0.1) is 19.3 Å². The van der Waals surface area contributed by atoms with Crippen LogP contribution >= 0.6 is 0 Å². The first-order valence-corrected chi connectivity index (χ1v) is 8.14. The van der Waals surface area contributed by atoms with E-state index in [1.54, 1.807) is 0 Å². The molecule has 21 heavy (non-hydrogen) atoms. The molecule has 1 saturated carbocycles. The predicted molar refractivity (Wildman–Crippen MR) is 82.2 cm³/mol. The molecule has 0 N–H and O–H groups in total. The van der Waals surface area contributed by atoms with Gasteiger partial charge in [-0.25, -0.2) is 0 Å². The Balaban J connectivity index is 1.74. The van der Waals surface area contributed by atoms with E-state index >= 15 is 0 Å². The highest BCUT2D eigenvalue weighted by atomic mass is 16.5. The maximum atomic E-state index is 12.2. The number of rotatable bonds is 6. The van der Waals surface area contributed by atoms with E-state index in [0.717, 1.165) is 32.7 Å². The van der Waals surface area contributed by atoms with Crippen molar-refractivity contribution in [1.29, 1.82) is 0 Å². The molecule has 2 aliphatic rings. The largest absolute Gasteiger partial charge is 0.378 e. The Bertz CT molecular complexity index is 353. The number of morpholine rings is 1. The summed E-state index contributed by atoms with van der Waals surface area (Å²) in [7, 11) is 2.13. The van der Waals surface area contributed by atoms with Crippen molar-refractivity contribution in [2.75, 3.05) is 46.5 Å². The summed E-state index contributed by atoms with van der Waals surface area (Å²) < 4.78 is 11.1. The minimum atomic E-state index is 0.173. The van der Waals surface area contributed by atoms with Crippen molar-refractivity contribution in [2.45, 2.75) is 45.8 Å². The Labute approximate surface area is 128 Å². The Morgan fingerprint density at radius 3 is 2.62 bits per heavy atom. The van der Waals surface area contributed by atoms with Crippen LogP contribution in [-0.4, -0.2) is 74.4 Å². The van der Waals surface area contributed by atoms with Gasteiger partial charge in [-0.1, -0.05) is 13.8 Å². The van der Waals surface area contributed by atoms with E-state index < -0.39 is 0 Å². The summed E-state index contributed by atoms with van der Waals surface area (Å²) in [6.07, 6.45) is 2.02. The fourth-order valence-electron chi connectivity index (χ4n) is 3.50. The van der Waals surface area contributed by atoms with Crippen LogP contribution in [0.4, 0.5) is 0 Å². The fraction of sp³-hybridized carbons (Fsp3) is 0.938. The van der Waals surface area contributed by atoms with Crippen molar-refractivity contribution in [3.63, 3.8) is 0 Å². The van der Waals surface area contributed by atoms with Gasteiger partial charge in [0, 0.05) is 44.1 Å². The van der Waals surface area contributed by atoms with Gasteiger partial charge < -0.3 is 19.3 Å². The van der Waals surface area contributed by atoms with Gasteiger partial charge in [0.2, 0.25) is 5.91 Å². The number of amides is 1. The maximum absolute atomic E-state index is 12.2. The monoisotopic (exact) mass is 298 g/mol. The molecule has 122 valence electrons. The standard InChI is InChI=1S/C16H30N2O3/c1-5-21-14-12-13(16(14,2)3)17(4)7-6-15(19)18-8-10-20-11-9-18/h13-14H,5-12H2,1-4H3/t13-,14-/m1/s1. The van der Waals surface area contributed by atoms with Crippen molar-refractivity contribution in [1.82, 2.24) is 9.80 Å². The van der Waals surface area contributed by atoms with Crippen LogP contribution in [0.3, 0.4) is 0 Å². The van der Waals surface area contributed by atoms with Crippen LogP contribution < -0.4 is 0 Å². The maximum Gasteiger partial charge on any atom is 0.224 e. The molecule has 1 aliphatic carbocycles. The van der Waals surface area contributed by atoms with E-state index in [1.807, 2.05) is 11.8 Å². The first-order valence-electron chi connectivity index (χ1n) is 8.14. The molecule has 0 aromatic heterocycles. The molecule has 5 nitrogen and oxygen atoms in total. The quantitative estimate of drug-likeness (QED) is 0.743. The van der Waals surface area contributed by atoms with E-state index in [9.17, 15) is 4.79 Å².